The van der Waals surface area contributed by atoms with Crippen LogP contribution in [0.5, 0.6) is 5.75 Å². The van der Waals surface area contributed by atoms with Gasteiger partial charge < -0.3 is 14.6 Å². The molecule has 0 aromatic heterocycles. The lowest BCUT2D eigenvalue weighted by molar-refractivity contribution is -0.873. The molecular formula is C21H24ClNO2. The molecule has 3 rings (SSSR count). The normalized spacial score (nSPS) is 12.4. The molecule has 25 heavy (non-hydrogen) atoms. The number of halogens is 1. The van der Waals surface area contributed by atoms with Gasteiger partial charge in [-0.3, -0.25) is 0 Å². The van der Waals surface area contributed by atoms with Crippen LogP contribution in [0.1, 0.15) is 18.0 Å². The Kier molecular flexibility index (Phi) is 6.43. The minimum Gasteiger partial charge on any atom is -0.633 e. The van der Waals surface area contributed by atoms with E-state index >= 15 is 0 Å². The monoisotopic (exact) mass is 357 g/mol. The van der Waals surface area contributed by atoms with Gasteiger partial charge in [0, 0.05) is 17.4 Å². The van der Waals surface area contributed by atoms with Crippen molar-refractivity contribution in [2.75, 3.05) is 20.7 Å². The summed E-state index contributed by atoms with van der Waals surface area (Å²) in [6, 6.07) is 24.0. The SMILES string of the molecule is C[N+](C)([O-])C(CCOc1cccc2ccccc12)c1ccccc1.Cl. The molecule has 132 valence electrons. The minimum atomic E-state index is -0.358. The smallest absolute Gasteiger partial charge is 0.127 e. The predicted octanol–water partition coefficient (Wildman–Crippen LogP) is 5.35. The van der Waals surface area contributed by atoms with E-state index in [0.29, 0.717) is 13.0 Å². The molecule has 0 aliphatic heterocycles. The maximum absolute atomic E-state index is 12.5. The summed E-state index contributed by atoms with van der Waals surface area (Å²) in [6.07, 6.45) is 0.670. The zero-order valence-corrected chi connectivity index (χ0v) is 15.4. The second-order valence-corrected chi connectivity index (χ2v) is 6.48. The quantitative estimate of drug-likeness (QED) is 0.440. The lowest BCUT2D eigenvalue weighted by Gasteiger charge is -2.42. The molecule has 1 atom stereocenters. The molecule has 0 saturated carbocycles. The van der Waals surface area contributed by atoms with E-state index < -0.39 is 0 Å². The number of benzene rings is 3. The number of fused-ring (bicyclic) bond motifs is 1. The molecular weight excluding hydrogens is 334 g/mol. The van der Waals surface area contributed by atoms with Gasteiger partial charge in [-0.15, -0.1) is 12.4 Å². The minimum absolute atomic E-state index is 0. The van der Waals surface area contributed by atoms with Gasteiger partial charge in [-0.05, 0) is 11.5 Å². The summed E-state index contributed by atoms with van der Waals surface area (Å²) in [7, 11) is 3.38. The van der Waals surface area contributed by atoms with Crippen LogP contribution in [0.25, 0.3) is 10.8 Å². The Morgan fingerprint density at radius 2 is 1.52 bits per heavy atom. The average molecular weight is 358 g/mol. The Hall–Kier alpha value is -2.07. The highest BCUT2D eigenvalue weighted by molar-refractivity contribution is 5.88. The van der Waals surface area contributed by atoms with Crippen molar-refractivity contribution < 1.29 is 9.38 Å². The highest BCUT2D eigenvalue weighted by Crippen LogP contribution is 2.29. The Balaban J connectivity index is 0.00000225. The van der Waals surface area contributed by atoms with Crippen LogP contribution in [0.4, 0.5) is 0 Å². The number of nitrogens with zero attached hydrogens (tertiary/aromatic N) is 1. The maximum atomic E-state index is 12.5. The first-order valence-electron chi connectivity index (χ1n) is 8.26. The molecule has 0 aliphatic carbocycles. The van der Waals surface area contributed by atoms with E-state index in [1.165, 1.54) is 0 Å². The van der Waals surface area contributed by atoms with Crippen LogP contribution in [0.3, 0.4) is 0 Å². The van der Waals surface area contributed by atoms with Crippen LogP contribution >= 0.6 is 12.4 Å². The molecule has 0 N–H and O–H groups in total. The Labute approximate surface area is 155 Å². The van der Waals surface area contributed by atoms with Crippen molar-refractivity contribution in [2.45, 2.75) is 12.5 Å². The number of rotatable bonds is 6. The standard InChI is InChI=1S/C21H23NO2.ClH/c1-22(2,23)20(18-10-4-3-5-11-18)15-16-24-21-14-8-12-17-9-6-7-13-19(17)21;/h3-14,20H,15-16H2,1-2H3;1H. The largest absolute Gasteiger partial charge is 0.633 e. The fourth-order valence-corrected chi connectivity index (χ4v) is 3.11. The van der Waals surface area contributed by atoms with E-state index in [0.717, 1.165) is 22.1 Å². The highest BCUT2D eigenvalue weighted by atomic mass is 35.5. The van der Waals surface area contributed by atoms with Crippen molar-refractivity contribution in [1.29, 1.82) is 0 Å². The second kappa shape index (κ2) is 8.34. The summed E-state index contributed by atoms with van der Waals surface area (Å²) < 4.78 is 5.66. The molecule has 3 aromatic carbocycles. The number of hydroxylamine groups is 3. The summed E-state index contributed by atoms with van der Waals surface area (Å²) in [4.78, 5) is 0. The third-order valence-electron chi connectivity index (χ3n) is 4.33. The van der Waals surface area contributed by atoms with E-state index in [1.807, 2.05) is 54.6 Å². The van der Waals surface area contributed by atoms with Gasteiger partial charge in [-0.25, -0.2) is 0 Å². The number of hydrogen-bond acceptors (Lipinski definition) is 2. The molecule has 3 aromatic rings. The van der Waals surface area contributed by atoms with E-state index in [1.54, 1.807) is 14.1 Å². The first kappa shape index (κ1) is 19.3. The van der Waals surface area contributed by atoms with Crippen LogP contribution in [0.2, 0.25) is 0 Å². The van der Waals surface area contributed by atoms with Crippen molar-refractivity contribution in [3.8, 4) is 5.75 Å². The first-order chi connectivity index (χ1) is 11.6. The first-order valence-corrected chi connectivity index (χ1v) is 8.26. The number of hydrogen-bond donors (Lipinski definition) is 0. The molecule has 0 saturated heterocycles. The zero-order chi connectivity index (χ0) is 17.0. The van der Waals surface area contributed by atoms with Gasteiger partial charge in [0.25, 0.3) is 0 Å². The Bertz CT molecular complexity index is 794. The van der Waals surface area contributed by atoms with Crippen LogP contribution in [0.15, 0.2) is 72.8 Å². The van der Waals surface area contributed by atoms with Gasteiger partial charge in [0.15, 0.2) is 0 Å². The molecule has 0 amide bonds. The van der Waals surface area contributed by atoms with Crippen molar-refractivity contribution in [1.82, 2.24) is 0 Å². The van der Waals surface area contributed by atoms with Crippen LogP contribution < -0.4 is 4.74 Å². The maximum Gasteiger partial charge on any atom is 0.127 e. The van der Waals surface area contributed by atoms with Crippen LogP contribution in [0, 0.1) is 5.21 Å². The molecule has 1 unspecified atom stereocenters. The third-order valence-corrected chi connectivity index (χ3v) is 4.33. The lowest BCUT2D eigenvalue weighted by atomic mass is 10.0. The van der Waals surface area contributed by atoms with Gasteiger partial charge in [-0.2, -0.15) is 0 Å². The van der Waals surface area contributed by atoms with Gasteiger partial charge >= 0.3 is 0 Å². The second-order valence-electron chi connectivity index (χ2n) is 6.48. The zero-order valence-electron chi connectivity index (χ0n) is 14.6. The Morgan fingerprint density at radius 3 is 2.24 bits per heavy atom. The molecule has 0 spiro atoms. The predicted molar refractivity (Wildman–Crippen MR) is 106 cm³/mol. The molecule has 0 radical (unpaired) electrons. The van der Waals surface area contributed by atoms with Crippen molar-refractivity contribution in [3.05, 3.63) is 83.6 Å². The molecule has 0 fully saturated rings. The average Bonchev–Trinajstić information content (AvgIpc) is 2.58. The molecule has 0 aliphatic rings. The number of ether oxygens (including phenoxy) is 1. The van der Waals surface area contributed by atoms with E-state index in [-0.39, 0.29) is 23.1 Å². The van der Waals surface area contributed by atoms with Crippen LogP contribution in [-0.4, -0.2) is 25.3 Å². The summed E-state index contributed by atoms with van der Waals surface area (Å²) in [6.45, 7) is 0.511. The molecule has 3 nitrogen and oxygen atoms in total. The summed E-state index contributed by atoms with van der Waals surface area (Å²) in [5.41, 5.74) is 1.05. The molecule has 4 heteroatoms. The fourth-order valence-electron chi connectivity index (χ4n) is 3.11. The van der Waals surface area contributed by atoms with Gasteiger partial charge in [-0.1, -0.05) is 66.7 Å². The van der Waals surface area contributed by atoms with E-state index in [4.69, 9.17) is 4.74 Å². The van der Waals surface area contributed by atoms with Gasteiger partial charge in [0.2, 0.25) is 0 Å². The van der Waals surface area contributed by atoms with Crippen molar-refractivity contribution >= 4 is 23.2 Å². The van der Waals surface area contributed by atoms with Crippen molar-refractivity contribution in [3.63, 3.8) is 0 Å². The summed E-state index contributed by atoms with van der Waals surface area (Å²) in [5.74, 6) is 0.871. The molecule has 0 heterocycles. The van der Waals surface area contributed by atoms with Gasteiger partial charge in [0.05, 0.1) is 20.7 Å². The van der Waals surface area contributed by atoms with E-state index in [9.17, 15) is 5.21 Å². The van der Waals surface area contributed by atoms with Gasteiger partial charge in [0.1, 0.15) is 11.8 Å². The van der Waals surface area contributed by atoms with E-state index in [2.05, 4.69) is 18.2 Å². The Morgan fingerprint density at radius 1 is 0.880 bits per heavy atom. The third kappa shape index (κ3) is 4.73. The summed E-state index contributed by atoms with van der Waals surface area (Å²) in [5, 5.41) is 14.8. The highest BCUT2D eigenvalue weighted by Gasteiger charge is 2.22. The topological polar surface area (TPSA) is 32.3 Å². The molecule has 0 bridgehead atoms. The number of quaternary nitrogens is 1. The summed E-state index contributed by atoms with van der Waals surface area (Å²) >= 11 is 0. The fraction of sp³-hybridized carbons (Fsp3) is 0.238. The van der Waals surface area contributed by atoms with Crippen molar-refractivity contribution in [2.24, 2.45) is 0 Å². The lowest BCUT2D eigenvalue weighted by Crippen LogP contribution is -2.37. The van der Waals surface area contributed by atoms with Crippen LogP contribution in [-0.2, 0) is 0 Å².